The highest BCUT2D eigenvalue weighted by atomic mass is 79.9. The van der Waals surface area contributed by atoms with Crippen LogP contribution in [0.1, 0.15) is 52.8 Å². The van der Waals surface area contributed by atoms with Crippen molar-refractivity contribution in [2.75, 3.05) is 13.2 Å². The van der Waals surface area contributed by atoms with Crippen molar-refractivity contribution in [3.63, 3.8) is 0 Å². The van der Waals surface area contributed by atoms with E-state index in [4.69, 9.17) is 4.74 Å². The van der Waals surface area contributed by atoms with E-state index in [-0.39, 0.29) is 11.1 Å². The second kappa shape index (κ2) is 7.21. The third-order valence-corrected chi connectivity index (χ3v) is 4.30. The molecule has 2 heterocycles. The normalized spacial score (nSPS) is 20.6. The molecule has 0 atom stereocenters. The summed E-state index contributed by atoms with van der Waals surface area (Å²) in [7, 11) is 0. The summed E-state index contributed by atoms with van der Waals surface area (Å²) in [6.45, 7) is 17.5. The molecular weight excluding hydrogens is 328 g/mol. The zero-order valence-electron chi connectivity index (χ0n) is 14.5. The molecule has 1 saturated heterocycles. The Morgan fingerprint density at radius 1 is 1.14 bits per heavy atom. The Balaban J connectivity index is 0.00000106. The van der Waals surface area contributed by atoms with Gasteiger partial charge in [0.2, 0.25) is 0 Å². The highest BCUT2D eigenvalue weighted by Crippen LogP contribution is 2.32. The molecule has 1 fully saturated rings. The Hall–Kier alpha value is -0.450. The van der Waals surface area contributed by atoms with Crippen molar-refractivity contribution in [2.45, 2.75) is 66.1 Å². The van der Waals surface area contributed by atoms with E-state index < -0.39 is 0 Å². The van der Waals surface area contributed by atoms with Gasteiger partial charge in [-0.25, -0.2) is 4.98 Å². The molecule has 0 unspecified atom stereocenters. The van der Waals surface area contributed by atoms with Gasteiger partial charge in [-0.2, -0.15) is 0 Å². The van der Waals surface area contributed by atoms with E-state index in [1.165, 1.54) is 5.56 Å². The van der Waals surface area contributed by atoms with E-state index in [0.29, 0.717) is 0 Å². The first kappa shape index (κ1) is 18.6. The molecule has 21 heavy (non-hydrogen) atoms. The van der Waals surface area contributed by atoms with Gasteiger partial charge in [0, 0.05) is 23.3 Å². The van der Waals surface area contributed by atoms with Crippen molar-refractivity contribution in [3.8, 4) is 0 Å². The number of ether oxygens (including phenoxy) is 1. The predicted molar refractivity (Wildman–Crippen MR) is 92.5 cm³/mol. The maximum Gasteiger partial charge on any atom is 0.106 e. The molecule has 0 amide bonds. The van der Waals surface area contributed by atoms with Gasteiger partial charge in [0.05, 0.1) is 13.2 Å². The lowest BCUT2D eigenvalue weighted by atomic mass is 9.90. The van der Waals surface area contributed by atoms with Crippen LogP contribution in [0.3, 0.4) is 0 Å². The molecule has 0 N–H and O–H groups in total. The van der Waals surface area contributed by atoms with Crippen molar-refractivity contribution >= 4 is 15.9 Å². The summed E-state index contributed by atoms with van der Waals surface area (Å²) in [6, 6.07) is 4.18. The van der Waals surface area contributed by atoms with Crippen molar-refractivity contribution in [2.24, 2.45) is 0 Å². The zero-order valence-corrected chi connectivity index (χ0v) is 16.0. The molecule has 1 aliphatic heterocycles. The summed E-state index contributed by atoms with van der Waals surface area (Å²) in [5, 5.41) is 0. The SMILES string of the molecule is CC.Cc1nc(Br)ccc1CN1C(C)(C)COCC1(C)C. The monoisotopic (exact) mass is 356 g/mol. The first-order valence-electron chi connectivity index (χ1n) is 7.70. The number of hydrogen-bond donors (Lipinski definition) is 0. The Labute approximate surface area is 138 Å². The molecule has 0 radical (unpaired) electrons. The van der Waals surface area contributed by atoms with Gasteiger partial charge in [0.25, 0.3) is 0 Å². The lowest BCUT2D eigenvalue weighted by Crippen LogP contribution is -2.62. The molecule has 1 aromatic heterocycles. The molecular formula is C17H29BrN2O. The molecule has 0 bridgehead atoms. The molecule has 0 aromatic carbocycles. The molecule has 3 nitrogen and oxygen atoms in total. The second-order valence-corrected chi connectivity index (χ2v) is 7.39. The van der Waals surface area contributed by atoms with Gasteiger partial charge in [0.15, 0.2) is 0 Å². The van der Waals surface area contributed by atoms with Crippen LogP contribution >= 0.6 is 15.9 Å². The highest BCUT2D eigenvalue weighted by molar-refractivity contribution is 9.10. The molecule has 1 aromatic rings. The van der Waals surface area contributed by atoms with Gasteiger partial charge >= 0.3 is 0 Å². The van der Waals surface area contributed by atoms with Crippen LogP contribution in [0.15, 0.2) is 16.7 Å². The van der Waals surface area contributed by atoms with Crippen molar-refractivity contribution in [1.29, 1.82) is 0 Å². The van der Waals surface area contributed by atoms with E-state index in [1.807, 2.05) is 19.9 Å². The quantitative estimate of drug-likeness (QED) is 0.725. The van der Waals surface area contributed by atoms with E-state index in [2.05, 4.69) is 66.5 Å². The number of aromatic nitrogens is 1. The van der Waals surface area contributed by atoms with Gasteiger partial charge in [0.1, 0.15) is 4.60 Å². The molecule has 120 valence electrons. The number of nitrogens with zero attached hydrogens (tertiary/aromatic N) is 2. The summed E-state index contributed by atoms with van der Waals surface area (Å²) < 4.78 is 6.65. The van der Waals surface area contributed by atoms with Crippen molar-refractivity contribution in [3.05, 3.63) is 28.0 Å². The van der Waals surface area contributed by atoms with E-state index in [9.17, 15) is 0 Å². The summed E-state index contributed by atoms with van der Waals surface area (Å²) in [5.74, 6) is 0. The van der Waals surface area contributed by atoms with Crippen molar-refractivity contribution in [1.82, 2.24) is 9.88 Å². The largest absolute Gasteiger partial charge is 0.378 e. The van der Waals surface area contributed by atoms with Crippen LogP contribution in [-0.2, 0) is 11.3 Å². The molecule has 0 saturated carbocycles. The maximum atomic E-state index is 5.75. The summed E-state index contributed by atoms with van der Waals surface area (Å²) in [6.07, 6.45) is 0. The van der Waals surface area contributed by atoms with E-state index in [0.717, 1.165) is 30.1 Å². The lowest BCUT2D eigenvalue weighted by molar-refractivity contribution is -0.131. The Kier molecular flexibility index (Phi) is 6.38. The minimum absolute atomic E-state index is 0.0429. The second-order valence-electron chi connectivity index (χ2n) is 6.58. The minimum Gasteiger partial charge on any atom is -0.378 e. The number of pyridine rings is 1. The summed E-state index contributed by atoms with van der Waals surface area (Å²) in [4.78, 5) is 7.02. The van der Waals surface area contributed by atoms with E-state index in [1.54, 1.807) is 0 Å². The molecule has 4 heteroatoms. The van der Waals surface area contributed by atoms with Crippen LogP contribution in [0, 0.1) is 6.92 Å². The third-order valence-electron chi connectivity index (χ3n) is 3.86. The van der Waals surface area contributed by atoms with Gasteiger partial charge in [-0.05, 0) is 62.2 Å². The fraction of sp³-hybridized carbons (Fsp3) is 0.706. The molecule has 0 spiro atoms. The first-order chi connectivity index (χ1) is 9.72. The van der Waals surface area contributed by atoms with Gasteiger partial charge < -0.3 is 4.74 Å². The van der Waals surface area contributed by atoms with Gasteiger partial charge in [-0.15, -0.1) is 0 Å². The molecule has 2 rings (SSSR count). The zero-order chi connectivity index (χ0) is 16.3. The average molecular weight is 357 g/mol. The predicted octanol–water partition coefficient (Wildman–Crippen LogP) is 4.57. The Bertz CT molecular complexity index is 456. The highest BCUT2D eigenvalue weighted by Gasteiger charge is 2.42. The number of hydrogen-bond acceptors (Lipinski definition) is 3. The summed E-state index contributed by atoms with van der Waals surface area (Å²) >= 11 is 3.42. The molecule has 0 aliphatic carbocycles. The van der Waals surface area contributed by atoms with Crippen LogP contribution in [0.4, 0.5) is 0 Å². The fourth-order valence-electron chi connectivity index (χ4n) is 2.85. The van der Waals surface area contributed by atoms with Crippen LogP contribution in [-0.4, -0.2) is 34.2 Å². The van der Waals surface area contributed by atoms with E-state index >= 15 is 0 Å². The average Bonchev–Trinajstić information content (AvgIpc) is 2.37. The number of halogens is 1. The topological polar surface area (TPSA) is 25.4 Å². The third kappa shape index (κ3) is 4.51. The van der Waals surface area contributed by atoms with Crippen LogP contribution < -0.4 is 0 Å². The minimum atomic E-state index is 0.0429. The fourth-order valence-corrected chi connectivity index (χ4v) is 3.25. The Morgan fingerprint density at radius 3 is 2.14 bits per heavy atom. The number of morpholine rings is 1. The van der Waals surface area contributed by atoms with Crippen LogP contribution in [0.5, 0.6) is 0 Å². The van der Waals surface area contributed by atoms with Crippen molar-refractivity contribution < 1.29 is 4.74 Å². The first-order valence-corrected chi connectivity index (χ1v) is 8.49. The van der Waals surface area contributed by atoms with Crippen LogP contribution in [0.25, 0.3) is 0 Å². The number of rotatable bonds is 2. The molecule has 1 aliphatic rings. The maximum absolute atomic E-state index is 5.75. The standard InChI is InChI=1S/C15H23BrN2O.C2H6/c1-11-12(6-7-13(16)17-11)8-18-14(2,3)9-19-10-15(18,4)5;1-2/h6-7H,8-10H2,1-5H3;1-2H3. The summed E-state index contributed by atoms with van der Waals surface area (Å²) in [5.41, 5.74) is 2.46. The smallest absolute Gasteiger partial charge is 0.106 e. The van der Waals surface area contributed by atoms with Gasteiger partial charge in [-0.3, -0.25) is 4.90 Å². The lowest BCUT2D eigenvalue weighted by Gasteiger charge is -2.52. The van der Waals surface area contributed by atoms with Gasteiger partial charge in [-0.1, -0.05) is 19.9 Å². The number of aryl methyl sites for hydroxylation is 1. The Morgan fingerprint density at radius 2 is 1.67 bits per heavy atom. The van der Waals surface area contributed by atoms with Crippen LogP contribution in [0.2, 0.25) is 0 Å².